The van der Waals surface area contributed by atoms with Gasteiger partial charge in [0.05, 0.1) is 0 Å². The van der Waals surface area contributed by atoms with E-state index in [0.29, 0.717) is 0 Å². The molecule has 3 aliphatic rings. The van der Waals surface area contributed by atoms with Gasteiger partial charge in [0, 0.05) is 19.1 Å². The Hall–Kier alpha value is -0.860. The lowest BCUT2D eigenvalue weighted by atomic mass is 9.93. The van der Waals surface area contributed by atoms with Gasteiger partial charge in [0.15, 0.2) is 0 Å². The fourth-order valence-corrected chi connectivity index (χ4v) is 4.40. The van der Waals surface area contributed by atoms with Crippen LogP contribution in [0.1, 0.15) is 43.2 Å². The van der Waals surface area contributed by atoms with Crippen LogP contribution in [0.3, 0.4) is 0 Å². The highest BCUT2D eigenvalue weighted by molar-refractivity contribution is 5.28. The SMILES string of the molecule is CCC1C2CNCC2CN1Cc1ccc(C2CC2)cc1. The lowest BCUT2D eigenvalue weighted by Crippen LogP contribution is -2.34. The van der Waals surface area contributed by atoms with Gasteiger partial charge >= 0.3 is 0 Å². The normalized spacial score (nSPS) is 33.5. The Labute approximate surface area is 122 Å². The molecule has 2 nitrogen and oxygen atoms in total. The standard InChI is InChI=1S/C18H26N2/c1-2-18-17-10-19-9-16(17)12-20(18)11-13-3-5-14(6-4-13)15-7-8-15/h3-6,15-19H,2,7-12H2,1H3. The Morgan fingerprint density at radius 2 is 1.95 bits per heavy atom. The molecule has 3 unspecified atom stereocenters. The molecule has 3 fully saturated rings. The van der Waals surface area contributed by atoms with Crippen LogP contribution in [0.15, 0.2) is 24.3 Å². The third-order valence-corrected chi connectivity index (χ3v) is 5.66. The zero-order valence-electron chi connectivity index (χ0n) is 12.5. The molecular formula is C18H26N2. The third kappa shape index (κ3) is 2.29. The number of rotatable bonds is 4. The molecule has 2 heterocycles. The van der Waals surface area contributed by atoms with Crippen molar-refractivity contribution < 1.29 is 0 Å². The zero-order chi connectivity index (χ0) is 13.5. The van der Waals surface area contributed by atoms with Crippen LogP contribution in [0.4, 0.5) is 0 Å². The van der Waals surface area contributed by atoms with Crippen molar-refractivity contribution in [2.24, 2.45) is 11.8 Å². The molecule has 20 heavy (non-hydrogen) atoms. The molecule has 3 atom stereocenters. The van der Waals surface area contributed by atoms with Crippen molar-refractivity contribution in [2.75, 3.05) is 19.6 Å². The summed E-state index contributed by atoms with van der Waals surface area (Å²) in [4.78, 5) is 2.74. The van der Waals surface area contributed by atoms with Gasteiger partial charge in [-0.2, -0.15) is 0 Å². The monoisotopic (exact) mass is 270 g/mol. The maximum Gasteiger partial charge on any atom is 0.0236 e. The van der Waals surface area contributed by atoms with Crippen LogP contribution in [0, 0.1) is 11.8 Å². The molecule has 2 saturated heterocycles. The molecule has 0 spiro atoms. The zero-order valence-corrected chi connectivity index (χ0v) is 12.5. The molecule has 1 aliphatic carbocycles. The summed E-state index contributed by atoms with van der Waals surface area (Å²) in [5.74, 6) is 2.67. The average Bonchev–Trinajstić information content (AvgIpc) is 3.13. The van der Waals surface area contributed by atoms with E-state index in [-0.39, 0.29) is 0 Å². The van der Waals surface area contributed by atoms with Crippen LogP contribution < -0.4 is 5.32 Å². The number of hydrogen-bond acceptors (Lipinski definition) is 2. The predicted octanol–water partition coefficient (Wildman–Crippen LogP) is 2.99. The van der Waals surface area contributed by atoms with E-state index in [0.717, 1.165) is 30.3 Å². The molecule has 0 bridgehead atoms. The Morgan fingerprint density at radius 1 is 1.15 bits per heavy atom. The lowest BCUT2D eigenvalue weighted by Gasteiger charge is -2.26. The van der Waals surface area contributed by atoms with E-state index in [1.807, 2.05) is 0 Å². The topological polar surface area (TPSA) is 15.3 Å². The second kappa shape index (κ2) is 5.16. The summed E-state index contributed by atoms with van der Waals surface area (Å²) < 4.78 is 0. The smallest absolute Gasteiger partial charge is 0.0236 e. The maximum atomic E-state index is 3.57. The van der Waals surface area contributed by atoms with Gasteiger partial charge in [0.2, 0.25) is 0 Å². The summed E-state index contributed by atoms with van der Waals surface area (Å²) in [6.45, 7) is 7.27. The molecule has 0 amide bonds. The number of nitrogens with zero attached hydrogens (tertiary/aromatic N) is 1. The van der Waals surface area contributed by atoms with Crippen LogP contribution in [-0.4, -0.2) is 30.6 Å². The highest BCUT2D eigenvalue weighted by Crippen LogP contribution is 2.40. The van der Waals surface area contributed by atoms with E-state index in [2.05, 4.69) is 41.4 Å². The molecule has 0 aromatic heterocycles. The van der Waals surface area contributed by atoms with E-state index < -0.39 is 0 Å². The molecule has 1 saturated carbocycles. The number of hydrogen-bond donors (Lipinski definition) is 1. The van der Waals surface area contributed by atoms with E-state index in [1.54, 1.807) is 5.56 Å². The largest absolute Gasteiger partial charge is 0.316 e. The van der Waals surface area contributed by atoms with Crippen molar-refractivity contribution in [1.82, 2.24) is 10.2 Å². The summed E-state index contributed by atoms with van der Waals surface area (Å²) in [6, 6.07) is 10.3. The Kier molecular flexibility index (Phi) is 3.31. The van der Waals surface area contributed by atoms with Gasteiger partial charge in [-0.05, 0) is 61.2 Å². The fourth-order valence-electron chi connectivity index (χ4n) is 4.40. The predicted molar refractivity (Wildman–Crippen MR) is 82.8 cm³/mol. The van der Waals surface area contributed by atoms with Crippen LogP contribution in [-0.2, 0) is 6.54 Å². The van der Waals surface area contributed by atoms with E-state index >= 15 is 0 Å². The Bertz CT molecular complexity index is 463. The molecule has 0 radical (unpaired) electrons. The Morgan fingerprint density at radius 3 is 2.65 bits per heavy atom. The van der Waals surface area contributed by atoms with E-state index in [9.17, 15) is 0 Å². The maximum absolute atomic E-state index is 3.57. The fraction of sp³-hybridized carbons (Fsp3) is 0.667. The number of benzene rings is 1. The quantitative estimate of drug-likeness (QED) is 0.905. The number of nitrogens with one attached hydrogen (secondary N) is 1. The highest BCUT2D eigenvalue weighted by Gasteiger charge is 2.42. The van der Waals surface area contributed by atoms with Crippen molar-refractivity contribution in [3.63, 3.8) is 0 Å². The van der Waals surface area contributed by atoms with Crippen LogP contribution in [0.25, 0.3) is 0 Å². The minimum Gasteiger partial charge on any atom is -0.316 e. The summed E-state index contributed by atoms with van der Waals surface area (Å²) in [5, 5.41) is 3.57. The second-order valence-corrected chi connectivity index (χ2v) is 7.00. The first-order valence-corrected chi connectivity index (χ1v) is 8.38. The van der Waals surface area contributed by atoms with Gasteiger partial charge in [0.25, 0.3) is 0 Å². The van der Waals surface area contributed by atoms with Gasteiger partial charge < -0.3 is 5.32 Å². The van der Waals surface area contributed by atoms with E-state index in [1.165, 1.54) is 44.5 Å². The molecule has 1 N–H and O–H groups in total. The summed E-state index contributed by atoms with van der Waals surface area (Å²) >= 11 is 0. The van der Waals surface area contributed by atoms with E-state index in [4.69, 9.17) is 0 Å². The van der Waals surface area contributed by atoms with Crippen LogP contribution in [0.5, 0.6) is 0 Å². The van der Waals surface area contributed by atoms with Gasteiger partial charge in [0.1, 0.15) is 0 Å². The summed E-state index contributed by atoms with van der Waals surface area (Å²) in [5.41, 5.74) is 3.06. The van der Waals surface area contributed by atoms with Crippen molar-refractivity contribution in [3.8, 4) is 0 Å². The number of fused-ring (bicyclic) bond motifs is 1. The minimum absolute atomic E-state index is 0.790. The first-order valence-electron chi connectivity index (χ1n) is 8.38. The first-order chi connectivity index (χ1) is 9.85. The highest BCUT2D eigenvalue weighted by atomic mass is 15.2. The first kappa shape index (κ1) is 12.8. The molecule has 4 rings (SSSR count). The second-order valence-electron chi connectivity index (χ2n) is 7.00. The van der Waals surface area contributed by atoms with Gasteiger partial charge in [-0.15, -0.1) is 0 Å². The lowest BCUT2D eigenvalue weighted by molar-refractivity contribution is 0.210. The van der Waals surface area contributed by atoms with Gasteiger partial charge in [-0.25, -0.2) is 0 Å². The van der Waals surface area contributed by atoms with Crippen molar-refractivity contribution >= 4 is 0 Å². The minimum atomic E-state index is 0.790. The summed E-state index contributed by atoms with van der Waals surface area (Å²) in [7, 11) is 0. The van der Waals surface area contributed by atoms with Crippen molar-refractivity contribution in [1.29, 1.82) is 0 Å². The molecule has 2 heteroatoms. The molecule has 2 aliphatic heterocycles. The average molecular weight is 270 g/mol. The van der Waals surface area contributed by atoms with Crippen molar-refractivity contribution in [2.45, 2.75) is 44.7 Å². The molecule has 1 aromatic rings. The van der Waals surface area contributed by atoms with Crippen molar-refractivity contribution in [3.05, 3.63) is 35.4 Å². The van der Waals surface area contributed by atoms with Crippen LogP contribution >= 0.6 is 0 Å². The Balaban J connectivity index is 1.45. The van der Waals surface area contributed by atoms with Gasteiger partial charge in [-0.3, -0.25) is 4.90 Å². The molecular weight excluding hydrogens is 244 g/mol. The third-order valence-electron chi connectivity index (χ3n) is 5.66. The molecule has 108 valence electrons. The number of likely N-dealkylation sites (tertiary alicyclic amines) is 1. The summed E-state index contributed by atoms with van der Waals surface area (Å²) in [6.07, 6.45) is 4.10. The van der Waals surface area contributed by atoms with Gasteiger partial charge in [-0.1, -0.05) is 31.2 Å². The molecule has 1 aromatic carbocycles. The van der Waals surface area contributed by atoms with Crippen LogP contribution in [0.2, 0.25) is 0 Å².